The molecular weight excluding hydrogens is 360 g/mol. The number of nitrogens with one attached hydrogen (secondary N) is 1. The third-order valence-corrected chi connectivity index (χ3v) is 4.62. The lowest BCUT2D eigenvalue weighted by molar-refractivity contribution is 0.394. The Labute approximate surface area is 136 Å². The molecule has 2 aromatic rings. The lowest BCUT2D eigenvalue weighted by Gasteiger charge is -2.29. The highest BCUT2D eigenvalue weighted by molar-refractivity contribution is 9.10. The average molecular weight is 375 g/mol. The van der Waals surface area contributed by atoms with E-state index < -0.39 is 17.2 Å². The van der Waals surface area contributed by atoms with Crippen molar-refractivity contribution < 1.29 is 8.78 Å². The fourth-order valence-corrected chi connectivity index (χ4v) is 2.67. The van der Waals surface area contributed by atoms with Crippen molar-refractivity contribution >= 4 is 27.5 Å². The van der Waals surface area contributed by atoms with E-state index in [4.69, 9.17) is 11.6 Å². The third kappa shape index (κ3) is 3.62. The molecule has 1 nitrogen and oxygen atoms in total. The van der Waals surface area contributed by atoms with Crippen molar-refractivity contribution in [1.82, 2.24) is 5.32 Å². The second kappa shape index (κ2) is 6.86. The van der Waals surface area contributed by atoms with Crippen LogP contribution < -0.4 is 5.32 Å². The summed E-state index contributed by atoms with van der Waals surface area (Å²) >= 11 is 9.13. The van der Waals surface area contributed by atoms with Gasteiger partial charge >= 0.3 is 0 Å². The summed E-state index contributed by atoms with van der Waals surface area (Å²) in [5, 5.41) is 3.15. The number of rotatable bonds is 5. The molecule has 112 valence electrons. The minimum Gasteiger partial charge on any atom is -0.302 e. The molecule has 0 bridgehead atoms. The lowest BCUT2D eigenvalue weighted by Crippen LogP contribution is -2.41. The molecule has 0 saturated carbocycles. The molecule has 0 saturated heterocycles. The van der Waals surface area contributed by atoms with E-state index in [0.29, 0.717) is 0 Å². The predicted molar refractivity (Wildman–Crippen MR) is 85.4 cm³/mol. The zero-order valence-corrected chi connectivity index (χ0v) is 13.8. The number of hydrogen-bond acceptors (Lipinski definition) is 1. The molecule has 2 rings (SSSR count). The lowest BCUT2D eigenvalue weighted by atomic mass is 9.93. The van der Waals surface area contributed by atoms with Crippen molar-refractivity contribution in [2.24, 2.45) is 0 Å². The summed E-state index contributed by atoms with van der Waals surface area (Å²) in [5.74, 6) is -0.880. The summed E-state index contributed by atoms with van der Waals surface area (Å²) in [5.41, 5.74) is 0.400. The maximum atomic E-state index is 14.0. The third-order valence-electron chi connectivity index (χ3n) is 3.47. The van der Waals surface area contributed by atoms with Crippen molar-refractivity contribution in [3.8, 4) is 0 Å². The molecular formula is C16H15BrClF2N. The highest BCUT2D eigenvalue weighted by atomic mass is 79.9. The van der Waals surface area contributed by atoms with Gasteiger partial charge < -0.3 is 5.32 Å². The van der Waals surface area contributed by atoms with Gasteiger partial charge in [0.25, 0.3) is 0 Å². The first-order chi connectivity index (χ1) is 9.98. The Morgan fingerprint density at radius 3 is 2.43 bits per heavy atom. The van der Waals surface area contributed by atoms with Crippen LogP contribution in [0.15, 0.2) is 46.9 Å². The van der Waals surface area contributed by atoms with Gasteiger partial charge in [0.1, 0.15) is 11.6 Å². The van der Waals surface area contributed by atoms with Gasteiger partial charge in [0.05, 0.1) is 10.0 Å². The first-order valence-electron chi connectivity index (χ1n) is 6.47. The van der Waals surface area contributed by atoms with Gasteiger partial charge in [0.15, 0.2) is 0 Å². The molecule has 1 N–H and O–H groups in total. The molecule has 0 radical (unpaired) electrons. The number of alkyl halides is 1. The van der Waals surface area contributed by atoms with E-state index in [2.05, 4.69) is 21.2 Å². The zero-order chi connectivity index (χ0) is 15.5. The van der Waals surface area contributed by atoms with Crippen molar-refractivity contribution in [3.05, 3.63) is 69.7 Å². The van der Waals surface area contributed by atoms with Gasteiger partial charge in [-0.1, -0.05) is 30.3 Å². The fraction of sp³-hybridized carbons (Fsp3) is 0.250. The van der Waals surface area contributed by atoms with Gasteiger partial charge in [-0.2, -0.15) is 0 Å². The second-order valence-electron chi connectivity index (χ2n) is 5.01. The van der Waals surface area contributed by atoms with Gasteiger partial charge in [0.2, 0.25) is 0 Å². The summed E-state index contributed by atoms with van der Waals surface area (Å²) in [7, 11) is 0. The number of hydrogen-bond donors (Lipinski definition) is 1. The van der Waals surface area contributed by atoms with E-state index >= 15 is 0 Å². The van der Waals surface area contributed by atoms with Crippen molar-refractivity contribution in [2.45, 2.75) is 19.0 Å². The molecule has 0 aliphatic carbocycles. The molecule has 0 amide bonds. The Bertz CT molecular complexity index is 621. The van der Waals surface area contributed by atoms with Crippen LogP contribution in [-0.2, 0) is 12.1 Å². The van der Waals surface area contributed by atoms with Crippen LogP contribution >= 0.6 is 27.5 Å². The molecule has 0 heterocycles. The van der Waals surface area contributed by atoms with Gasteiger partial charge in [-0.25, -0.2) is 8.78 Å². The highest BCUT2D eigenvalue weighted by Gasteiger charge is 2.26. The van der Waals surface area contributed by atoms with Crippen molar-refractivity contribution in [3.63, 3.8) is 0 Å². The minimum atomic E-state index is -0.590. The smallest absolute Gasteiger partial charge is 0.144 e. The average Bonchev–Trinajstić information content (AvgIpc) is 2.51. The monoisotopic (exact) mass is 373 g/mol. The largest absolute Gasteiger partial charge is 0.302 e. The van der Waals surface area contributed by atoms with Crippen LogP contribution in [0.3, 0.4) is 0 Å². The van der Waals surface area contributed by atoms with E-state index in [1.165, 1.54) is 12.1 Å². The van der Waals surface area contributed by atoms with E-state index in [1.54, 1.807) is 0 Å². The van der Waals surface area contributed by atoms with Crippen LogP contribution in [0.25, 0.3) is 0 Å². The Morgan fingerprint density at radius 1 is 1.14 bits per heavy atom. The number of benzene rings is 2. The Hall–Kier alpha value is -0.970. The Balaban J connectivity index is 2.24. The van der Waals surface area contributed by atoms with Gasteiger partial charge in [-0.05, 0) is 40.5 Å². The standard InChI is InChI=1S/C16H15BrClF2N/c1-16(10-18,11-5-3-2-4-6-11)21-9-12-14(19)8-7-13(17)15(12)20/h2-8,21H,9-10H2,1H3. The highest BCUT2D eigenvalue weighted by Crippen LogP contribution is 2.25. The van der Waals surface area contributed by atoms with Gasteiger partial charge in [-0.15, -0.1) is 11.6 Å². The van der Waals surface area contributed by atoms with Gasteiger partial charge in [-0.3, -0.25) is 0 Å². The maximum Gasteiger partial charge on any atom is 0.144 e. The van der Waals surface area contributed by atoms with E-state index in [0.717, 1.165) is 5.56 Å². The van der Waals surface area contributed by atoms with Crippen LogP contribution in [0.1, 0.15) is 18.1 Å². The molecule has 0 aliphatic heterocycles. The summed E-state index contributed by atoms with van der Waals surface area (Å²) in [6.45, 7) is 1.96. The molecule has 0 spiro atoms. The topological polar surface area (TPSA) is 12.0 Å². The molecule has 1 atom stereocenters. The zero-order valence-electron chi connectivity index (χ0n) is 11.5. The number of halogens is 4. The summed E-state index contributed by atoms with van der Waals surface area (Å²) in [6.07, 6.45) is 0. The molecule has 0 aromatic heterocycles. The molecule has 5 heteroatoms. The molecule has 0 fully saturated rings. The maximum absolute atomic E-state index is 14.0. The quantitative estimate of drug-likeness (QED) is 0.575. The fourth-order valence-electron chi connectivity index (χ4n) is 2.05. The molecule has 0 aliphatic rings. The molecule has 1 unspecified atom stereocenters. The first-order valence-corrected chi connectivity index (χ1v) is 7.79. The van der Waals surface area contributed by atoms with E-state index in [1.807, 2.05) is 37.3 Å². The molecule has 21 heavy (non-hydrogen) atoms. The van der Waals surface area contributed by atoms with Crippen LogP contribution in [0.5, 0.6) is 0 Å². The summed E-state index contributed by atoms with van der Waals surface area (Å²) in [6, 6.07) is 12.2. The SMILES string of the molecule is CC(CCl)(NCc1c(F)ccc(Br)c1F)c1ccccc1. The van der Waals surface area contributed by atoms with Crippen LogP contribution in [0.4, 0.5) is 8.78 Å². The van der Waals surface area contributed by atoms with Crippen molar-refractivity contribution in [1.29, 1.82) is 0 Å². The summed E-state index contributed by atoms with van der Waals surface area (Å²) < 4.78 is 28.0. The summed E-state index contributed by atoms with van der Waals surface area (Å²) in [4.78, 5) is 0. The van der Waals surface area contributed by atoms with Crippen LogP contribution in [-0.4, -0.2) is 5.88 Å². The van der Waals surface area contributed by atoms with E-state index in [9.17, 15) is 8.78 Å². The van der Waals surface area contributed by atoms with Gasteiger partial charge in [0, 0.05) is 18.0 Å². The van der Waals surface area contributed by atoms with E-state index in [-0.39, 0.29) is 22.5 Å². The second-order valence-corrected chi connectivity index (χ2v) is 6.13. The normalized spacial score (nSPS) is 14.0. The Morgan fingerprint density at radius 2 is 1.81 bits per heavy atom. The van der Waals surface area contributed by atoms with Crippen LogP contribution in [0, 0.1) is 11.6 Å². The van der Waals surface area contributed by atoms with Crippen LogP contribution in [0.2, 0.25) is 0 Å². The van der Waals surface area contributed by atoms with Crippen molar-refractivity contribution in [2.75, 3.05) is 5.88 Å². The first kappa shape index (κ1) is 16.4. The minimum absolute atomic E-state index is 0.00310. The molecule has 2 aromatic carbocycles. The Kier molecular flexibility index (Phi) is 5.36. The predicted octanol–water partition coefficient (Wildman–Crippen LogP) is 4.97.